The molecule has 0 spiro atoms. The number of rotatable bonds is 2. The monoisotopic (exact) mass is 329 g/mol. The largest absolute Gasteiger partial charge is 0.465 e. The lowest BCUT2D eigenvalue weighted by atomic mass is 10.1. The summed E-state index contributed by atoms with van der Waals surface area (Å²) >= 11 is 0. The van der Waals surface area contributed by atoms with Gasteiger partial charge in [0.05, 0.1) is 12.4 Å². The van der Waals surface area contributed by atoms with Gasteiger partial charge in [-0.2, -0.15) is 13.2 Å². The second-order valence-corrected chi connectivity index (χ2v) is 5.36. The molecule has 3 rings (SSSR count). The lowest BCUT2D eigenvalue weighted by Crippen LogP contribution is -2.39. The van der Waals surface area contributed by atoms with E-state index in [4.69, 9.17) is 5.11 Å². The predicted octanol–water partition coefficient (Wildman–Crippen LogP) is 2.61. The van der Waals surface area contributed by atoms with Gasteiger partial charge in [-0.25, -0.2) is 14.8 Å². The van der Waals surface area contributed by atoms with Crippen molar-refractivity contribution < 1.29 is 23.1 Å². The smallest absolute Gasteiger partial charge is 0.434 e. The maximum absolute atomic E-state index is 12.6. The summed E-state index contributed by atoms with van der Waals surface area (Å²) in [5.74, 6) is 0.0296. The van der Waals surface area contributed by atoms with Crippen molar-refractivity contribution in [2.75, 3.05) is 13.1 Å². The summed E-state index contributed by atoms with van der Waals surface area (Å²) in [7, 11) is 0. The minimum atomic E-state index is -4.51. The highest BCUT2D eigenvalue weighted by atomic mass is 19.4. The van der Waals surface area contributed by atoms with Gasteiger partial charge < -0.3 is 19.6 Å². The van der Waals surface area contributed by atoms with E-state index >= 15 is 0 Å². The standard InChI is InChI=1S/C13H14F3N5O2/c14-13(15,16)10-4-17-11(19-10)9-6-21(7-18-9)8-2-1-3-20(5-8)12(22)23/h4,6-8H,1-3,5H2,(H,17,19)(H,22,23)/t8-/m0/s1. The summed E-state index contributed by atoms with van der Waals surface area (Å²) in [5, 5.41) is 9.04. The minimum Gasteiger partial charge on any atom is -0.465 e. The summed E-state index contributed by atoms with van der Waals surface area (Å²) in [6.45, 7) is 0.817. The highest BCUT2D eigenvalue weighted by Crippen LogP contribution is 2.29. The lowest BCUT2D eigenvalue weighted by molar-refractivity contribution is -0.140. The topological polar surface area (TPSA) is 87.0 Å². The number of aromatic nitrogens is 4. The fourth-order valence-electron chi connectivity index (χ4n) is 2.63. The Kier molecular flexibility index (Phi) is 3.74. The summed E-state index contributed by atoms with van der Waals surface area (Å²) < 4.78 is 39.4. The van der Waals surface area contributed by atoms with Crippen LogP contribution < -0.4 is 0 Å². The first-order chi connectivity index (χ1) is 10.8. The molecule has 7 nitrogen and oxygen atoms in total. The van der Waals surface area contributed by atoms with Gasteiger partial charge >= 0.3 is 12.3 Å². The molecule has 1 amide bonds. The molecular formula is C13H14F3N5O2. The van der Waals surface area contributed by atoms with E-state index in [1.165, 1.54) is 11.2 Å². The first-order valence-electron chi connectivity index (χ1n) is 6.99. The predicted molar refractivity (Wildman–Crippen MR) is 72.7 cm³/mol. The summed E-state index contributed by atoms with van der Waals surface area (Å²) in [5.41, 5.74) is -0.718. The van der Waals surface area contributed by atoms with E-state index < -0.39 is 18.0 Å². The van der Waals surface area contributed by atoms with Crippen LogP contribution in [0.5, 0.6) is 0 Å². The Balaban J connectivity index is 1.78. The summed E-state index contributed by atoms with van der Waals surface area (Å²) in [6.07, 6.45) is -0.120. The van der Waals surface area contributed by atoms with E-state index in [-0.39, 0.29) is 17.6 Å². The molecule has 0 aromatic carbocycles. The van der Waals surface area contributed by atoms with Gasteiger partial charge in [-0.05, 0) is 12.8 Å². The Labute approximate surface area is 128 Å². The molecule has 0 aliphatic carbocycles. The van der Waals surface area contributed by atoms with Crippen molar-refractivity contribution >= 4 is 6.09 Å². The Morgan fingerprint density at radius 3 is 2.87 bits per heavy atom. The van der Waals surface area contributed by atoms with Crippen LogP contribution in [0.3, 0.4) is 0 Å². The number of hydrogen-bond donors (Lipinski definition) is 2. The normalized spacial score (nSPS) is 19.1. The van der Waals surface area contributed by atoms with Crippen molar-refractivity contribution in [2.24, 2.45) is 0 Å². The average Bonchev–Trinajstić information content (AvgIpc) is 3.15. The second-order valence-electron chi connectivity index (χ2n) is 5.36. The van der Waals surface area contributed by atoms with Crippen LogP contribution in [-0.2, 0) is 6.18 Å². The van der Waals surface area contributed by atoms with Crippen LogP contribution in [0.1, 0.15) is 24.6 Å². The van der Waals surface area contributed by atoms with Gasteiger partial charge in [0.2, 0.25) is 0 Å². The van der Waals surface area contributed by atoms with Gasteiger partial charge in [-0.1, -0.05) is 0 Å². The molecule has 3 heterocycles. The van der Waals surface area contributed by atoms with Crippen molar-refractivity contribution in [3.8, 4) is 11.5 Å². The summed E-state index contributed by atoms with van der Waals surface area (Å²) in [4.78, 5) is 22.4. The number of nitrogens with one attached hydrogen (secondary N) is 1. The minimum absolute atomic E-state index is 0.0296. The number of halogens is 3. The maximum atomic E-state index is 12.6. The molecule has 0 bridgehead atoms. The number of likely N-dealkylation sites (tertiary alicyclic amines) is 1. The van der Waals surface area contributed by atoms with E-state index in [2.05, 4.69) is 15.0 Å². The zero-order valence-electron chi connectivity index (χ0n) is 11.9. The molecule has 2 N–H and O–H groups in total. The van der Waals surface area contributed by atoms with E-state index in [1.54, 1.807) is 10.8 Å². The Hall–Kier alpha value is -2.52. The fourth-order valence-corrected chi connectivity index (χ4v) is 2.63. The second kappa shape index (κ2) is 5.60. The molecule has 1 fully saturated rings. The van der Waals surface area contributed by atoms with Crippen LogP contribution in [0.2, 0.25) is 0 Å². The number of hydrogen-bond acceptors (Lipinski definition) is 3. The van der Waals surface area contributed by atoms with Crippen LogP contribution >= 0.6 is 0 Å². The molecule has 10 heteroatoms. The van der Waals surface area contributed by atoms with Crippen molar-refractivity contribution in [2.45, 2.75) is 25.1 Å². The van der Waals surface area contributed by atoms with Crippen molar-refractivity contribution in [1.82, 2.24) is 24.4 Å². The van der Waals surface area contributed by atoms with Crippen LogP contribution in [0.4, 0.5) is 18.0 Å². The van der Waals surface area contributed by atoms with Gasteiger partial charge in [0, 0.05) is 25.5 Å². The molecule has 0 radical (unpaired) electrons. The molecule has 2 aromatic rings. The molecule has 1 saturated heterocycles. The van der Waals surface area contributed by atoms with Crippen LogP contribution in [0, 0.1) is 0 Å². The molecule has 1 atom stereocenters. The van der Waals surface area contributed by atoms with Crippen molar-refractivity contribution in [3.05, 3.63) is 24.4 Å². The van der Waals surface area contributed by atoms with Gasteiger partial charge in [-0.3, -0.25) is 0 Å². The van der Waals surface area contributed by atoms with Crippen molar-refractivity contribution in [1.29, 1.82) is 0 Å². The van der Waals surface area contributed by atoms with Gasteiger partial charge in [0.15, 0.2) is 11.5 Å². The third-order valence-corrected chi connectivity index (χ3v) is 3.80. The average molecular weight is 329 g/mol. The van der Waals surface area contributed by atoms with Crippen LogP contribution in [0.15, 0.2) is 18.7 Å². The van der Waals surface area contributed by atoms with E-state index in [9.17, 15) is 18.0 Å². The molecular weight excluding hydrogens is 315 g/mol. The zero-order chi connectivity index (χ0) is 16.6. The van der Waals surface area contributed by atoms with Gasteiger partial charge in [0.1, 0.15) is 5.69 Å². The highest BCUT2D eigenvalue weighted by Gasteiger charge is 2.34. The lowest BCUT2D eigenvalue weighted by Gasteiger charge is -2.31. The number of amides is 1. The highest BCUT2D eigenvalue weighted by molar-refractivity contribution is 5.65. The van der Waals surface area contributed by atoms with Gasteiger partial charge in [0.25, 0.3) is 0 Å². The molecule has 23 heavy (non-hydrogen) atoms. The maximum Gasteiger partial charge on any atom is 0.434 e. The molecule has 1 aliphatic rings. The van der Waals surface area contributed by atoms with Crippen LogP contribution in [-0.4, -0.2) is 48.7 Å². The Morgan fingerprint density at radius 2 is 2.22 bits per heavy atom. The van der Waals surface area contributed by atoms with Crippen LogP contribution in [0.25, 0.3) is 11.5 Å². The quantitative estimate of drug-likeness (QED) is 0.886. The third kappa shape index (κ3) is 3.15. The van der Waals surface area contributed by atoms with E-state index in [0.29, 0.717) is 13.1 Å². The van der Waals surface area contributed by atoms with E-state index in [1.807, 2.05) is 0 Å². The molecule has 2 aromatic heterocycles. The first-order valence-corrected chi connectivity index (χ1v) is 6.99. The van der Waals surface area contributed by atoms with E-state index in [0.717, 1.165) is 19.0 Å². The molecule has 0 saturated carbocycles. The Bertz CT molecular complexity index is 709. The molecule has 0 unspecified atom stereocenters. The zero-order valence-corrected chi connectivity index (χ0v) is 11.9. The summed E-state index contributed by atoms with van der Waals surface area (Å²) in [6, 6.07) is -0.0850. The molecule has 1 aliphatic heterocycles. The number of carboxylic acid groups (broad SMARTS) is 1. The van der Waals surface area contributed by atoms with Gasteiger partial charge in [-0.15, -0.1) is 0 Å². The number of nitrogens with zero attached hydrogens (tertiary/aromatic N) is 4. The van der Waals surface area contributed by atoms with Crippen molar-refractivity contribution in [3.63, 3.8) is 0 Å². The SMILES string of the molecule is O=C(O)N1CCC[C@H](n2cnc(-c3nc(C(F)(F)F)c[nH]3)c2)C1. The first kappa shape index (κ1) is 15.4. The number of aromatic amines is 1. The number of imidazole rings is 2. The molecule has 124 valence electrons. The number of piperidine rings is 1. The number of carbonyl (C=O) groups is 1. The Morgan fingerprint density at radius 1 is 1.43 bits per heavy atom. The number of alkyl halides is 3. The third-order valence-electron chi connectivity index (χ3n) is 3.80. The fraction of sp³-hybridized carbons (Fsp3) is 0.462. The number of H-pyrrole nitrogens is 1.